The zero-order valence-corrected chi connectivity index (χ0v) is 16.5. The molecule has 0 aliphatic heterocycles. The van der Waals surface area contributed by atoms with Gasteiger partial charge in [-0.3, -0.25) is 4.79 Å². The molecule has 4 nitrogen and oxygen atoms in total. The zero-order chi connectivity index (χ0) is 18.5. The normalized spacial score (nSPS) is 10.0. The Morgan fingerprint density at radius 1 is 0.708 bits per heavy atom. The first-order valence-electron chi connectivity index (χ1n) is 9.77. The van der Waals surface area contributed by atoms with Crippen LogP contribution in [0.3, 0.4) is 0 Å². The maximum absolute atomic E-state index is 10.3. The molecule has 0 fully saturated rings. The Balaban J connectivity index is 0. The topological polar surface area (TPSA) is 89.3 Å². The van der Waals surface area contributed by atoms with Crippen LogP contribution < -0.4 is 11.5 Å². The van der Waals surface area contributed by atoms with Crippen LogP contribution in [-0.4, -0.2) is 16.2 Å². The van der Waals surface area contributed by atoms with Gasteiger partial charge in [0.05, 0.1) is 0 Å². The lowest BCUT2D eigenvalue weighted by Gasteiger charge is -2.03. The van der Waals surface area contributed by atoms with Crippen LogP contribution in [-0.2, 0) is 4.79 Å². The summed E-state index contributed by atoms with van der Waals surface area (Å²) in [4.78, 5) is 10.3. The second-order valence-corrected chi connectivity index (χ2v) is 6.97. The van der Waals surface area contributed by atoms with E-state index >= 15 is 0 Å². The first-order valence-corrected chi connectivity index (χ1v) is 10.2. The fourth-order valence-corrected chi connectivity index (χ4v) is 2.65. The fourth-order valence-electron chi connectivity index (χ4n) is 2.65. The van der Waals surface area contributed by atoms with Crippen LogP contribution >= 0.6 is 12.2 Å². The number of nitrogens with two attached hydrogens (primary N) is 2. The molecule has 0 rings (SSSR count). The molecule has 24 heavy (non-hydrogen) atoms. The number of carboxylic acids is 1. The minimum Gasteiger partial charge on any atom is -0.481 e. The molecule has 0 bridgehead atoms. The van der Waals surface area contributed by atoms with Crippen molar-refractivity contribution in [2.45, 2.75) is 110 Å². The average Bonchev–Trinajstić information content (AvgIpc) is 2.50. The zero-order valence-electron chi connectivity index (χ0n) is 15.7. The molecule has 0 amide bonds. The molecular weight excluding hydrogens is 320 g/mol. The summed E-state index contributed by atoms with van der Waals surface area (Å²) in [6.45, 7) is 2.27. The largest absolute Gasteiger partial charge is 0.481 e. The van der Waals surface area contributed by atoms with Gasteiger partial charge in [0.1, 0.15) is 0 Å². The summed E-state index contributed by atoms with van der Waals surface area (Å²) in [6.07, 6.45) is 20.2. The van der Waals surface area contributed by atoms with Crippen LogP contribution in [0.5, 0.6) is 0 Å². The SMILES string of the molecule is CCCCCCCCCCCCCCCCCC(=O)O.NC(N)=S. The second kappa shape index (κ2) is 22.2. The highest BCUT2D eigenvalue weighted by atomic mass is 32.1. The van der Waals surface area contributed by atoms with Gasteiger partial charge in [-0.05, 0) is 18.6 Å². The summed E-state index contributed by atoms with van der Waals surface area (Å²) < 4.78 is 0. The van der Waals surface area contributed by atoms with Crippen molar-refractivity contribution in [1.82, 2.24) is 0 Å². The Kier molecular flexibility index (Phi) is 23.5. The molecule has 144 valence electrons. The first-order chi connectivity index (χ1) is 11.5. The molecular formula is C19H40N2O2S. The molecule has 0 spiro atoms. The minimum atomic E-state index is -0.653. The summed E-state index contributed by atoms with van der Waals surface area (Å²) in [6, 6.07) is 0. The third kappa shape index (κ3) is 32.9. The van der Waals surface area contributed by atoms with E-state index in [1.807, 2.05) is 0 Å². The van der Waals surface area contributed by atoms with Gasteiger partial charge in [-0.2, -0.15) is 0 Å². The number of carbonyl (C=O) groups is 1. The van der Waals surface area contributed by atoms with Gasteiger partial charge < -0.3 is 16.6 Å². The standard InChI is InChI=1S/C18H36O2.CH4N2S/c1-2-3-4-5-6-7-8-9-10-11-12-13-14-15-16-17-18(19)20;2-1(3)4/h2-17H2,1H3,(H,19,20);(H4,2,3,4). The van der Waals surface area contributed by atoms with Crippen LogP contribution in [0.15, 0.2) is 0 Å². The van der Waals surface area contributed by atoms with E-state index in [1.165, 1.54) is 83.5 Å². The summed E-state index contributed by atoms with van der Waals surface area (Å²) in [5.41, 5.74) is 9.24. The van der Waals surface area contributed by atoms with Gasteiger partial charge in [0, 0.05) is 6.42 Å². The average molecular weight is 361 g/mol. The van der Waals surface area contributed by atoms with Gasteiger partial charge >= 0.3 is 5.97 Å². The quantitative estimate of drug-likeness (QED) is 0.249. The number of hydrogen-bond acceptors (Lipinski definition) is 2. The number of carboxylic acid groups (broad SMARTS) is 1. The molecule has 0 aliphatic rings. The van der Waals surface area contributed by atoms with Crippen molar-refractivity contribution in [3.63, 3.8) is 0 Å². The molecule has 0 radical (unpaired) electrons. The molecule has 0 saturated heterocycles. The van der Waals surface area contributed by atoms with Crippen LogP contribution in [0.2, 0.25) is 0 Å². The molecule has 0 aliphatic carbocycles. The van der Waals surface area contributed by atoms with Gasteiger partial charge in [-0.1, -0.05) is 96.8 Å². The van der Waals surface area contributed by atoms with Crippen molar-refractivity contribution in [2.75, 3.05) is 0 Å². The highest BCUT2D eigenvalue weighted by Crippen LogP contribution is 2.13. The lowest BCUT2D eigenvalue weighted by Crippen LogP contribution is -2.18. The highest BCUT2D eigenvalue weighted by Gasteiger charge is 1.97. The lowest BCUT2D eigenvalue weighted by molar-refractivity contribution is -0.137. The van der Waals surface area contributed by atoms with E-state index in [0.29, 0.717) is 6.42 Å². The molecule has 0 aromatic heterocycles. The number of aliphatic carboxylic acids is 1. The van der Waals surface area contributed by atoms with Crippen molar-refractivity contribution >= 4 is 23.3 Å². The summed E-state index contributed by atoms with van der Waals surface area (Å²) >= 11 is 4.09. The van der Waals surface area contributed by atoms with E-state index in [4.69, 9.17) is 5.11 Å². The van der Waals surface area contributed by atoms with Crippen molar-refractivity contribution in [2.24, 2.45) is 11.5 Å². The smallest absolute Gasteiger partial charge is 0.303 e. The van der Waals surface area contributed by atoms with Gasteiger partial charge in [0.15, 0.2) is 5.11 Å². The van der Waals surface area contributed by atoms with Crippen LogP contribution in [0, 0.1) is 0 Å². The van der Waals surface area contributed by atoms with E-state index in [1.54, 1.807) is 0 Å². The molecule has 0 heterocycles. The second-order valence-electron chi connectivity index (χ2n) is 6.50. The molecule has 5 heteroatoms. The Bertz CT molecular complexity index is 283. The molecule has 0 saturated carbocycles. The van der Waals surface area contributed by atoms with Crippen LogP contribution in [0.4, 0.5) is 0 Å². The molecule has 0 aromatic rings. The Hall–Kier alpha value is -0.840. The Labute approximate surface area is 154 Å². The molecule has 0 aromatic carbocycles. The Morgan fingerprint density at radius 3 is 1.21 bits per heavy atom. The predicted octanol–water partition coefficient (Wildman–Crippen LogP) is 5.52. The van der Waals surface area contributed by atoms with E-state index in [9.17, 15) is 4.79 Å². The van der Waals surface area contributed by atoms with E-state index < -0.39 is 5.97 Å². The van der Waals surface area contributed by atoms with Crippen molar-refractivity contribution < 1.29 is 9.90 Å². The van der Waals surface area contributed by atoms with Crippen LogP contribution in [0.25, 0.3) is 0 Å². The third-order valence-corrected chi connectivity index (χ3v) is 3.99. The predicted molar refractivity (Wildman–Crippen MR) is 108 cm³/mol. The van der Waals surface area contributed by atoms with Crippen molar-refractivity contribution in [3.05, 3.63) is 0 Å². The van der Waals surface area contributed by atoms with Gasteiger partial charge in [-0.15, -0.1) is 0 Å². The minimum absolute atomic E-state index is 0.000000000000000222. The monoisotopic (exact) mass is 360 g/mol. The van der Waals surface area contributed by atoms with E-state index in [0.717, 1.165) is 12.8 Å². The third-order valence-electron chi connectivity index (χ3n) is 3.99. The lowest BCUT2D eigenvalue weighted by atomic mass is 10.0. The first kappa shape index (κ1) is 25.4. The van der Waals surface area contributed by atoms with Crippen molar-refractivity contribution in [1.29, 1.82) is 0 Å². The fraction of sp³-hybridized carbons (Fsp3) is 0.895. The molecule has 0 atom stereocenters. The maximum Gasteiger partial charge on any atom is 0.303 e. The van der Waals surface area contributed by atoms with E-state index in [2.05, 4.69) is 30.6 Å². The van der Waals surface area contributed by atoms with Gasteiger partial charge in [0.2, 0.25) is 0 Å². The number of hydrogen-bond donors (Lipinski definition) is 3. The number of thiocarbonyl (C=S) groups is 1. The van der Waals surface area contributed by atoms with Gasteiger partial charge in [-0.25, -0.2) is 0 Å². The highest BCUT2D eigenvalue weighted by molar-refractivity contribution is 7.80. The summed E-state index contributed by atoms with van der Waals surface area (Å²) in [5.74, 6) is -0.653. The van der Waals surface area contributed by atoms with Crippen molar-refractivity contribution in [3.8, 4) is 0 Å². The Morgan fingerprint density at radius 2 is 0.958 bits per heavy atom. The number of rotatable bonds is 16. The number of unbranched alkanes of at least 4 members (excludes halogenated alkanes) is 14. The summed E-state index contributed by atoms with van der Waals surface area (Å²) in [7, 11) is 0. The molecule has 5 N–H and O–H groups in total. The maximum atomic E-state index is 10.3. The van der Waals surface area contributed by atoms with Gasteiger partial charge in [0.25, 0.3) is 0 Å². The summed E-state index contributed by atoms with van der Waals surface area (Å²) in [5, 5.41) is 8.52. The van der Waals surface area contributed by atoms with E-state index in [-0.39, 0.29) is 5.11 Å². The van der Waals surface area contributed by atoms with Crippen LogP contribution in [0.1, 0.15) is 110 Å². The molecule has 0 unspecified atom stereocenters.